The zero-order chi connectivity index (χ0) is 12.4. The van der Waals surface area contributed by atoms with Crippen LogP contribution in [0.5, 0.6) is 0 Å². The van der Waals surface area contributed by atoms with Gasteiger partial charge >= 0.3 is 0 Å². The zero-order valence-electron chi connectivity index (χ0n) is 9.63. The van der Waals surface area contributed by atoms with Gasteiger partial charge in [0.2, 0.25) is 0 Å². The quantitative estimate of drug-likeness (QED) is 0.683. The van der Waals surface area contributed by atoms with Crippen LogP contribution in [0.15, 0.2) is 53.3 Å². The molecule has 2 aromatic heterocycles. The van der Waals surface area contributed by atoms with E-state index in [2.05, 4.69) is 11.1 Å². The highest BCUT2D eigenvalue weighted by molar-refractivity contribution is 5.76. The van der Waals surface area contributed by atoms with Crippen molar-refractivity contribution in [1.82, 2.24) is 4.98 Å². The van der Waals surface area contributed by atoms with Crippen molar-refractivity contribution in [3.05, 3.63) is 65.5 Å². The third-order valence-corrected chi connectivity index (χ3v) is 2.90. The highest BCUT2D eigenvalue weighted by atomic mass is 16.3. The summed E-state index contributed by atoms with van der Waals surface area (Å²) < 4.78 is 5.45. The summed E-state index contributed by atoms with van der Waals surface area (Å²) >= 11 is 0. The maximum Gasteiger partial charge on any atom is 0.155 e. The van der Waals surface area contributed by atoms with E-state index < -0.39 is 0 Å². The molecule has 18 heavy (non-hydrogen) atoms. The average molecular weight is 234 g/mol. The maximum atomic E-state index is 8.76. The number of furan rings is 1. The first kappa shape index (κ1) is 10.5. The Morgan fingerprint density at radius 1 is 1.11 bits per heavy atom. The largest absolute Gasteiger partial charge is 0.462 e. The minimum Gasteiger partial charge on any atom is -0.462 e. The fourth-order valence-corrected chi connectivity index (χ4v) is 1.98. The first-order valence-electron chi connectivity index (χ1n) is 5.67. The van der Waals surface area contributed by atoms with E-state index >= 15 is 0 Å². The standard InChI is InChI=1S/C15H10N2O/c16-10-12-3-1-11(2-4-12)9-13-5-7-17-14-6-8-18-15(13)14/h1-8H,9H2. The van der Waals surface area contributed by atoms with Gasteiger partial charge in [-0.05, 0) is 23.8 Å². The molecular formula is C15H10N2O. The molecule has 0 radical (unpaired) electrons. The molecule has 0 unspecified atom stereocenters. The van der Waals surface area contributed by atoms with E-state index in [1.165, 1.54) is 0 Å². The van der Waals surface area contributed by atoms with Gasteiger partial charge in [-0.1, -0.05) is 12.1 Å². The molecule has 0 atom stereocenters. The predicted molar refractivity (Wildman–Crippen MR) is 68.0 cm³/mol. The molecule has 0 saturated heterocycles. The number of pyridine rings is 1. The van der Waals surface area contributed by atoms with Crippen LogP contribution in [0.25, 0.3) is 11.1 Å². The van der Waals surface area contributed by atoms with E-state index in [1.54, 1.807) is 12.5 Å². The van der Waals surface area contributed by atoms with Gasteiger partial charge in [-0.2, -0.15) is 5.26 Å². The molecule has 1 aromatic carbocycles. The third kappa shape index (κ3) is 1.85. The summed E-state index contributed by atoms with van der Waals surface area (Å²) in [6.07, 6.45) is 4.22. The van der Waals surface area contributed by atoms with Gasteiger partial charge in [-0.15, -0.1) is 0 Å². The number of hydrogen-bond donors (Lipinski definition) is 0. The van der Waals surface area contributed by atoms with Gasteiger partial charge in [-0.3, -0.25) is 4.98 Å². The van der Waals surface area contributed by atoms with Crippen molar-refractivity contribution in [3.8, 4) is 6.07 Å². The van der Waals surface area contributed by atoms with Crippen LogP contribution in [0.4, 0.5) is 0 Å². The van der Waals surface area contributed by atoms with Crippen molar-refractivity contribution in [2.75, 3.05) is 0 Å². The number of rotatable bonds is 2. The van der Waals surface area contributed by atoms with Crippen molar-refractivity contribution in [2.45, 2.75) is 6.42 Å². The summed E-state index contributed by atoms with van der Waals surface area (Å²) in [6, 6.07) is 13.5. The molecule has 3 nitrogen and oxygen atoms in total. The molecule has 0 aliphatic carbocycles. The van der Waals surface area contributed by atoms with Crippen molar-refractivity contribution >= 4 is 11.1 Å². The Balaban J connectivity index is 1.96. The van der Waals surface area contributed by atoms with E-state index in [-0.39, 0.29) is 0 Å². The second kappa shape index (κ2) is 4.34. The van der Waals surface area contributed by atoms with Crippen molar-refractivity contribution < 1.29 is 4.42 Å². The molecule has 0 fully saturated rings. The van der Waals surface area contributed by atoms with Gasteiger partial charge in [0.25, 0.3) is 0 Å². The van der Waals surface area contributed by atoms with Crippen LogP contribution >= 0.6 is 0 Å². The summed E-state index contributed by atoms with van der Waals surface area (Å²) in [4.78, 5) is 4.23. The zero-order valence-corrected chi connectivity index (χ0v) is 9.63. The summed E-state index contributed by atoms with van der Waals surface area (Å²) in [5, 5.41) is 8.76. The van der Waals surface area contributed by atoms with Crippen molar-refractivity contribution in [2.24, 2.45) is 0 Å². The Morgan fingerprint density at radius 2 is 1.94 bits per heavy atom. The monoisotopic (exact) mass is 234 g/mol. The van der Waals surface area contributed by atoms with Crippen LogP contribution in [0, 0.1) is 11.3 Å². The Morgan fingerprint density at radius 3 is 2.72 bits per heavy atom. The van der Waals surface area contributed by atoms with E-state index in [0.717, 1.165) is 28.6 Å². The van der Waals surface area contributed by atoms with E-state index in [1.807, 2.05) is 36.4 Å². The molecule has 0 N–H and O–H groups in total. The molecule has 0 saturated carbocycles. The molecule has 3 heteroatoms. The molecule has 3 rings (SSSR count). The molecule has 0 spiro atoms. The summed E-state index contributed by atoms with van der Waals surface area (Å²) in [6.45, 7) is 0. The number of nitriles is 1. The second-order valence-electron chi connectivity index (χ2n) is 4.09. The molecule has 0 aliphatic heterocycles. The van der Waals surface area contributed by atoms with Crippen LogP contribution in [0.3, 0.4) is 0 Å². The lowest BCUT2D eigenvalue weighted by Crippen LogP contribution is -1.90. The van der Waals surface area contributed by atoms with Gasteiger partial charge in [-0.25, -0.2) is 0 Å². The average Bonchev–Trinajstić information content (AvgIpc) is 2.89. The van der Waals surface area contributed by atoms with Gasteiger partial charge in [0, 0.05) is 24.2 Å². The number of nitrogens with zero attached hydrogens (tertiary/aromatic N) is 2. The molecule has 2 heterocycles. The van der Waals surface area contributed by atoms with Crippen LogP contribution in [0.2, 0.25) is 0 Å². The SMILES string of the molecule is N#Cc1ccc(Cc2ccnc3ccoc23)cc1. The summed E-state index contributed by atoms with van der Waals surface area (Å²) in [5.74, 6) is 0. The molecule has 0 bridgehead atoms. The fourth-order valence-electron chi connectivity index (χ4n) is 1.98. The number of aromatic nitrogens is 1. The molecular weight excluding hydrogens is 224 g/mol. The molecule has 3 aromatic rings. The lowest BCUT2D eigenvalue weighted by molar-refractivity contribution is 0.611. The first-order chi connectivity index (χ1) is 8.86. The van der Waals surface area contributed by atoms with Gasteiger partial charge < -0.3 is 4.42 Å². The smallest absolute Gasteiger partial charge is 0.155 e. The molecule has 0 amide bonds. The Bertz CT molecular complexity index is 720. The lowest BCUT2D eigenvalue weighted by Gasteiger charge is -2.02. The topological polar surface area (TPSA) is 49.8 Å². The number of hydrogen-bond acceptors (Lipinski definition) is 3. The number of benzene rings is 1. The van der Waals surface area contributed by atoms with Gasteiger partial charge in [0.15, 0.2) is 5.58 Å². The van der Waals surface area contributed by atoms with Crippen LogP contribution < -0.4 is 0 Å². The molecule has 86 valence electrons. The fraction of sp³-hybridized carbons (Fsp3) is 0.0667. The highest BCUT2D eigenvalue weighted by Gasteiger charge is 2.05. The first-order valence-corrected chi connectivity index (χ1v) is 5.67. The van der Waals surface area contributed by atoms with Crippen molar-refractivity contribution in [1.29, 1.82) is 5.26 Å². The van der Waals surface area contributed by atoms with Crippen molar-refractivity contribution in [3.63, 3.8) is 0 Å². The van der Waals surface area contributed by atoms with Crippen LogP contribution in [-0.4, -0.2) is 4.98 Å². The minimum atomic E-state index is 0.677. The lowest BCUT2D eigenvalue weighted by atomic mass is 10.0. The summed E-state index contributed by atoms with van der Waals surface area (Å²) in [7, 11) is 0. The van der Waals surface area contributed by atoms with Crippen LogP contribution in [0.1, 0.15) is 16.7 Å². The highest BCUT2D eigenvalue weighted by Crippen LogP contribution is 2.20. The maximum absolute atomic E-state index is 8.76. The van der Waals surface area contributed by atoms with E-state index in [0.29, 0.717) is 5.56 Å². The Hall–Kier alpha value is -2.60. The predicted octanol–water partition coefficient (Wildman–Crippen LogP) is 3.29. The minimum absolute atomic E-state index is 0.677. The van der Waals surface area contributed by atoms with Gasteiger partial charge in [0.05, 0.1) is 17.9 Å². The van der Waals surface area contributed by atoms with E-state index in [4.69, 9.17) is 9.68 Å². The Kier molecular flexibility index (Phi) is 2.54. The number of fused-ring (bicyclic) bond motifs is 1. The third-order valence-electron chi connectivity index (χ3n) is 2.90. The molecule has 0 aliphatic rings. The van der Waals surface area contributed by atoms with E-state index in [9.17, 15) is 0 Å². The van der Waals surface area contributed by atoms with Crippen LogP contribution in [-0.2, 0) is 6.42 Å². The van der Waals surface area contributed by atoms with Gasteiger partial charge in [0.1, 0.15) is 5.52 Å². The summed E-state index contributed by atoms with van der Waals surface area (Å²) in [5.41, 5.74) is 4.65. The second-order valence-corrected chi connectivity index (χ2v) is 4.09. The Labute approximate surface area is 104 Å². The normalized spacial score (nSPS) is 10.4.